The maximum Gasteiger partial charge on any atom is 0.235 e. The molecule has 0 aliphatic heterocycles. The summed E-state index contributed by atoms with van der Waals surface area (Å²) in [6.45, 7) is 0. The highest BCUT2D eigenvalue weighted by Gasteiger charge is 2.15. The number of benzene rings is 1. The Morgan fingerprint density at radius 3 is 2.54 bits per heavy atom. The van der Waals surface area contributed by atoms with E-state index in [0.717, 1.165) is 31.3 Å². The summed E-state index contributed by atoms with van der Waals surface area (Å²) in [7, 11) is 4.05. The van der Waals surface area contributed by atoms with Gasteiger partial charge in [0.05, 0.1) is 0 Å². The lowest BCUT2D eigenvalue weighted by atomic mass is 10.2. The molecule has 1 aromatic carbocycles. The van der Waals surface area contributed by atoms with E-state index < -0.39 is 0 Å². The number of rotatable bonds is 3. The number of hydrogen-bond acceptors (Lipinski definition) is 6. The Kier molecular flexibility index (Phi) is 3.78. The minimum Gasteiger partial charge on any atom is -0.378 e. The monoisotopic (exact) mass is 400 g/mol. The van der Waals surface area contributed by atoms with Crippen LogP contribution >= 0.6 is 27.3 Å². The molecule has 120 valence electrons. The van der Waals surface area contributed by atoms with Crippen LogP contribution in [0.4, 0.5) is 5.69 Å². The number of pyridine rings is 1. The second kappa shape index (κ2) is 5.95. The van der Waals surface area contributed by atoms with Gasteiger partial charge in [0, 0.05) is 47.8 Å². The molecule has 3 heterocycles. The standard InChI is InChI=1S/C16H13BrN6S/c1-22(2)13-5-3-10(4-6-13)15-21-23-14(19-20-16(23)24-15)11-7-12(17)9-18-8-11/h3-9H,1-2H3. The molecule has 0 saturated heterocycles. The Morgan fingerprint density at radius 1 is 1.04 bits per heavy atom. The van der Waals surface area contributed by atoms with Gasteiger partial charge in [0.15, 0.2) is 5.82 Å². The minimum absolute atomic E-state index is 0.686. The highest BCUT2D eigenvalue weighted by atomic mass is 79.9. The summed E-state index contributed by atoms with van der Waals surface area (Å²) in [6, 6.07) is 10.3. The summed E-state index contributed by atoms with van der Waals surface area (Å²) in [4.78, 5) is 7.01. The van der Waals surface area contributed by atoms with E-state index in [9.17, 15) is 0 Å². The van der Waals surface area contributed by atoms with Crippen LogP contribution in [0.1, 0.15) is 0 Å². The fourth-order valence-electron chi connectivity index (χ4n) is 2.35. The highest BCUT2D eigenvalue weighted by Crippen LogP contribution is 2.29. The zero-order valence-electron chi connectivity index (χ0n) is 13.0. The SMILES string of the molecule is CN(C)c1ccc(-c2nn3c(-c4cncc(Br)c4)nnc3s2)cc1. The zero-order chi connectivity index (χ0) is 16.7. The maximum atomic E-state index is 4.68. The molecule has 0 fully saturated rings. The number of hydrogen-bond donors (Lipinski definition) is 0. The molecule has 6 nitrogen and oxygen atoms in total. The smallest absolute Gasteiger partial charge is 0.235 e. The van der Waals surface area contributed by atoms with Crippen molar-refractivity contribution >= 4 is 37.9 Å². The molecule has 0 spiro atoms. The summed E-state index contributed by atoms with van der Waals surface area (Å²) < 4.78 is 2.66. The molecule has 0 bridgehead atoms. The quantitative estimate of drug-likeness (QED) is 0.524. The van der Waals surface area contributed by atoms with Crippen molar-refractivity contribution in [2.45, 2.75) is 0 Å². The fourth-order valence-corrected chi connectivity index (χ4v) is 3.56. The molecule has 0 atom stereocenters. The maximum absolute atomic E-state index is 4.68. The molecule has 4 rings (SSSR count). The molecule has 0 N–H and O–H groups in total. The predicted octanol–water partition coefficient (Wildman–Crippen LogP) is 3.74. The van der Waals surface area contributed by atoms with Crippen LogP contribution in [0.15, 0.2) is 47.2 Å². The first-order chi connectivity index (χ1) is 11.6. The molecule has 0 aliphatic carbocycles. The Labute approximate surface area is 150 Å². The molecule has 24 heavy (non-hydrogen) atoms. The number of halogens is 1. The topological polar surface area (TPSA) is 59.2 Å². The van der Waals surface area contributed by atoms with Crippen LogP contribution in [0.3, 0.4) is 0 Å². The second-order valence-electron chi connectivity index (χ2n) is 5.46. The van der Waals surface area contributed by atoms with E-state index in [4.69, 9.17) is 0 Å². The predicted molar refractivity (Wildman–Crippen MR) is 99.4 cm³/mol. The first-order valence-corrected chi connectivity index (χ1v) is 8.84. The Hall–Kier alpha value is -2.32. The second-order valence-corrected chi connectivity index (χ2v) is 7.33. The van der Waals surface area contributed by atoms with Crippen LogP contribution in [0.25, 0.3) is 26.9 Å². The van der Waals surface area contributed by atoms with E-state index in [1.807, 2.05) is 20.2 Å². The van der Waals surface area contributed by atoms with E-state index >= 15 is 0 Å². The molecule has 0 aliphatic rings. The van der Waals surface area contributed by atoms with Crippen molar-refractivity contribution in [2.75, 3.05) is 19.0 Å². The number of nitrogens with zero attached hydrogens (tertiary/aromatic N) is 6. The molecule has 0 unspecified atom stereocenters. The highest BCUT2D eigenvalue weighted by molar-refractivity contribution is 9.10. The molecule has 0 radical (unpaired) electrons. The summed E-state index contributed by atoms with van der Waals surface area (Å²) in [6.07, 6.45) is 3.49. The first kappa shape index (κ1) is 15.2. The van der Waals surface area contributed by atoms with Crippen LogP contribution in [0.5, 0.6) is 0 Å². The molecular formula is C16H13BrN6S. The summed E-state index contributed by atoms with van der Waals surface area (Å²) in [5, 5.41) is 14.1. The van der Waals surface area contributed by atoms with Crippen LogP contribution in [0.2, 0.25) is 0 Å². The number of aromatic nitrogens is 5. The lowest BCUT2D eigenvalue weighted by Crippen LogP contribution is -2.07. The van der Waals surface area contributed by atoms with Gasteiger partial charge < -0.3 is 4.90 Å². The van der Waals surface area contributed by atoms with Crippen molar-refractivity contribution in [3.63, 3.8) is 0 Å². The van der Waals surface area contributed by atoms with E-state index in [-0.39, 0.29) is 0 Å². The average Bonchev–Trinajstić information content (AvgIpc) is 3.15. The van der Waals surface area contributed by atoms with Crippen molar-refractivity contribution in [1.29, 1.82) is 0 Å². The van der Waals surface area contributed by atoms with Crippen LogP contribution < -0.4 is 4.90 Å². The van der Waals surface area contributed by atoms with Crippen molar-refractivity contribution in [2.24, 2.45) is 0 Å². The Balaban J connectivity index is 1.77. The summed E-state index contributed by atoms with van der Waals surface area (Å²) in [5.74, 6) is 0.686. The third-order valence-corrected chi connectivity index (χ3v) is 4.97. The minimum atomic E-state index is 0.686. The van der Waals surface area contributed by atoms with Gasteiger partial charge in [-0.3, -0.25) is 4.98 Å². The van der Waals surface area contributed by atoms with Gasteiger partial charge in [0.2, 0.25) is 4.96 Å². The largest absolute Gasteiger partial charge is 0.378 e. The van der Waals surface area contributed by atoms with Crippen molar-refractivity contribution in [3.8, 4) is 22.0 Å². The van der Waals surface area contributed by atoms with Crippen LogP contribution in [-0.2, 0) is 0 Å². The van der Waals surface area contributed by atoms with E-state index in [1.54, 1.807) is 16.9 Å². The van der Waals surface area contributed by atoms with E-state index in [2.05, 4.69) is 65.4 Å². The van der Waals surface area contributed by atoms with Gasteiger partial charge in [-0.1, -0.05) is 11.3 Å². The Bertz CT molecular complexity index is 1010. The Morgan fingerprint density at radius 2 is 1.83 bits per heavy atom. The molecule has 4 aromatic rings. The number of fused-ring (bicyclic) bond motifs is 1. The van der Waals surface area contributed by atoms with Gasteiger partial charge in [-0.15, -0.1) is 10.2 Å². The van der Waals surface area contributed by atoms with Gasteiger partial charge in [-0.05, 0) is 46.3 Å². The van der Waals surface area contributed by atoms with Crippen molar-refractivity contribution in [3.05, 3.63) is 47.2 Å². The van der Waals surface area contributed by atoms with Gasteiger partial charge in [-0.25, -0.2) is 0 Å². The third-order valence-electron chi connectivity index (χ3n) is 3.58. The number of anilines is 1. The van der Waals surface area contributed by atoms with E-state index in [0.29, 0.717) is 5.82 Å². The molecule has 8 heteroatoms. The van der Waals surface area contributed by atoms with Crippen LogP contribution in [0, 0.1) is 0 Å². The molecular weight excluding hydrogens is 388 g/mol. The third kappa shape index (κ3) is 2.67. The molecule has 0 amide bonds. The van der Waals surface area contributed by atoms with E-state index in [1.165, 1.54) is 11.3 Å². The van der Waals surface area contributed by atoms with Gasteiger partial charge >= 0.3 is 0 Å². The first-order valence-electron chi connectivity index (χ1n) is 7.23. The van der Waals surface area contributed by atoms with Crippen molar-refractivity contribution in [1.82, 2.24) is 24.8 Å². The summed E-state index contributed by atoms with van der Waals surface area (Å²) in [5.41, 5.74) is 3.09. The lowest BCUT2D eigenvalue weighted by molar-refractivity contribution is 0.968. The molecule has 3 aromatic heterocycles. The van der Waals surface area contributed by atoms with Gasteiger partial charge in [0.1, 0.15) is 5.01 Å². The summed E-state index contributed by atoms with van der Waals surface area (Å²) >= 11 is 4.95. The van der Waals surface area contributed by atoms with Crippen LogP contribution in [-0.4, -0.2) is 38.9 Å². The van der Waals surface area contributed by atoms with Crippen molar-refractivity contribution < 1.29 is 0 Å². The zero-order valence-corrected chi connectivity index (χ0v) is 15.4. The fraction of sp³-hybridized carbons (Fsp3) is 0.125. The average molecular weight is 401 g/mol. The lowest BCUT2D eigenvalue weighted by Gasteiger charge is -2.11. The van der Waals surface area contributed by atoms with Gasteiger partial charge in [0.25, 0.3) is 0 Å². The molecule has 0 saturated carbocycles. The van der Waals surface area contributed by atoms with Gasteiger partial charge in [-0.2, -0.15) is 9.61 Å². The normalized spacial score (nSPS) is 11.1.